The van der Waals surface area contributed by atoms with E-state index in [0.29, 0.717) is 45.2 Å². The van der Waals surface area contributed by atoms with Crippen LogP contribution in [0.3, 0.4) is 0 Å². The van der Waals surface area contributed by atoms with Gasteiger partial charge in [0.1, 0.15) is 18.5 Å². The molecule has 3 N–H and O–H groups in total. The van der Waals surface area contributed by atoms with Crippen molar-refractivity contribution in [3.8, 4) is 0 Å². The second-order valence-electron chi connectivity index (χ2n) is 9.94. The molecule has 2 atom stereocenters. The molecule has 192 valence electrons. The van der Waals surface area contributed by atoms with Gasteiger partial charge in [-0.3, -0.25) is 0 Å². The molecule has 2 aliphatic heterocycles. The number of halogens is 3. The fourth-order valence-electron chi connectivity index (χ4n) is 5.91. The van der Waals surface area contributed by atoms with Gasteiger partial charge in [0, 0.05) is 12.1 Å². The number of hydrogen-bond acceptors (Lipinski definition) is 5. The molecule has 2 saturated heterocycles. The number of nitrogens with one attached hydrogen (secondary N) is 2. The number of cyclic esters (lactones) is 1. The van der Waals surface area contributed by atoms with Crippen molar-refractivity contribution >= 4 is 12.1 Å². The third-order valence-corrected chi connectivity index (χ3v) is 7.93. The number of benzene rings is 2. The van der Waals surface area contributed by atoms with E-state index in [9.17, 15) is 27.9 Å². The molecule has 36 heavy (non-hydrogen) atoms. The fourth-order valence-corrected chi connectivity index (χ4v) is 5.91. The zero-order valence-corrected chi connectivity index (χ0v) is 19.6. The first-order valence-corrected chi connectivity index (χ1v) is 12.1. The van der Waals surface area contributed by atoms with Crippen molar-refractivity contribution in [1.82, 2.24) is 15.5 Å². The van der Waals surface area contributed by atoms with Gasteiger partial charge in [-0.2, -0.15) is 0 Å². The van der Waals surface area contributed by atoms with Crippen LogP contribution in [0, 0.1) is 23.4 Å². The van der Waals surface area contributed by atoms with Gasteiger partial charge < -0.3 is 20.5 Å². The SMILES string of the molecule is O=C(N[C@@]1(C2CCC(O)(c3ccccc3F)CC2)CCNC1)N1C(=O)OC[C@@H]1c1ccc(F)c(F)c1. The Balaban J connectivity index is 1.33. The van der Waals surface area contributed by atoms with Gasteiger partial charge in [0.2, 0.25) is 0 Å². The smallest absolute Gasteiger partial charge is 0.418 e. The zero-order valence-electron chi connectivity index (χ0n) is 19.6. The van der Waals surface area contributed by atoms with Crippen molar-refractivity contribution in [1.29, 1.82) is 0 Å². The first-order valence-electron chi connectivity index (χ1n) is 12.1. The first kappa shape index (κ1) is 24.6. The van der Waals surface area contributed by atoms with Crippen LogP contribution in [0.2, 0.25) is 0 Å². The van der Waals surface area contributed by atoms with E-state index in [0.717, 1.165) is 17.0 Å². The average molecular weight is 504 g/mol. The Morgan fingerprint density at radius 1 is 1.06 bits per heavy atom. The zero-order chi connectivity index (χ0) is 25.5. The van der Waals surface area contributed by atoms with Gasteiger partial charge in [-0.25, -0.2) is 27.7 Å². The minimum Gasteiger partial charge on any atom is -0.446 e. The molecule has 1 saturated carbocycles. The highest BCUT2D eigenvalue weighted by Gasteiger charge is 2.49. The molecular formula is C26H28F3N3O4. The molecule has 1 aliphatic carbocycles. The Morgan fingerprint density at radius 3 is 2.47 bits per heavy atom. The van der Waals surface area contributed by atoms with Gasteiger partial charge in [-0.05, 0) is 68.3 Å². The molecule has 2 aromatic carbocycles. The number of amides is 3. The number of rotatable bonds is 4. The Labute approximate surface area is 206 Å². The van der Waals surface area contributed by atoms with E-state index < -0.39 is 46.8 Å². The quantitative estimate of drug-likeness (QED) is 0.584. The van der Waals surface area contributed by atoms with Crippen LogP contribution < -0.4 is 10.6 Å². The number of imide groups is 1. The summed E-state index contributed by atoms with van der Waals surface area (Å²) in [6.07, 6.45) is 1.51. The maximum absolute atomic E-state index is 14.4. The van der Waals surface area contributed by atoms with Gasteiger partial charge >= 0.3 is 12.1 Å². The lowest BCUT2D eigenvalue weighted by Crippen LogP contribution is -2.60. The third kappa shape index (κ3) is 4.32. The molecule has 2 aromatic rings. The lowest BCUT2D eigenvalue weighted by Gasteiger charge is -2.45. The van der Waals surface area contributed by atoms with Crippen LogP contribution in [0.4, 0.5) is 22.8 Å². The lowest BCUT2D eigenvalue weighted by atomic mass is 9.68. The summed E-state index contributed by atoms with van der Waals surface area (Å²) < 4.78 is 46.7. The van der Waals surface area contributed by atoms with Gasteiger partial charge in [-0.1, -0.05) is 24.3 Å². The summed E-state index contributed by atoms with van der Waals surface area (Å²) in [5.74, 6) is -2.57. The van der Waals surface area contributed by atoms with Gasteiger partial charge in [0.15, 0.2) is 11.6 Å². The number of carbonyl (C=O) groups excluding carboxylic acids is 2. The summed E-state index contributed by atoms with van der Waals surface area (Å²) in [5, 5.41) is 17.5. The largest absolute Gasteiger partial charge is 0.446 e. The first-order chi connectivity index (χ1) is 17.2. The van der Waals surface area contributed by atoms with Crippen molar-refractivity contribution in [3.63, 3.8) is 0 Å². The summed E-state index contributed by atoms with van der Waals surface area (Å²) in [5.41, 5.74) is -1.44. The molecule has 0 radical (unpaired) electrons. The highest BCUT2D eigenvalue weighted by atomic mass is 19.2. The molecule has 5 rings (SSSR count). The summed E-state index contributed by atoms with van der Waals surface area (Å²) in [7, 11) is 0. The molecule has 3 fully saturated rings. The lowest BCUT2D eigenvalue weighted by molar-refractivity contribution is -0.0289. The second-order valence-corrected chi connectivity index (χ2v) is 9.94. The second kappa shape index (κ2) is 9.40. The van der Waals surface area contributed by atoms with Crippen molar-refractivity contribution in [3.05, 3.63) is 71.0 Å². The number of ether oxygens (including phenoxy) is 1. The number of aliphatic hydroxyl groups is 1. The van der Waals surface area contributed by atoms with E-state index in [1.165, 1.54) is 12.1 Å². The predicted molar refractivity (Wildman–Crippen MR) is 123 cm³/mol. The predicted octanol–water partition coefficient (Wildman–Crippen LogP) is 4.12. The van der Waals surface area contributed by atoms with Crippen molar-refractivity contribution in [2.24, 2.45) is 5.92 Å². The molecule has 10 heteroatoms. The number of hydrogen-bond donors (Lipinski definition) is 3. The van der Waals surface area contributed by atoms with Crippen LogP contribution in [0.1, 0.15) is 49.3 Å². The molecule has 0 spiro atoms. The molecule has 0 unspecified atom stereocenters. The van der Waals surface area contributed by atoms with Crippen molar-refractivity contribution in [2.75, 3.05) is 19.7 Å². The van der Waals surface area contributed by atoms with Crippen LogP contribution in [0.25, 0.3) is 0 Å². The summed E-state index contributed by atoms with van der Waals surface area (Å²) in [4.78, 5) is 26.8. The van der Waals surface area contributed by atoms with Crippen LogP contribution in [0.5, 0.6) is 0 Å². The number of nitrogens with zero attached hydrogens (tertiary/aromatic N) is 1. The maximum Gasteiger partial charge on any atom is 0.418 e. The monoisotopic (exact) mass is 503 g/mol. The Morgan fingerprint density at radius 2 is 1.81 bits per heavy atom. The Kier molecular flexibility index (Phi) is 6.42. The summed E-state index contributed by atoms with van der Waals surface area (Å²) in [6.45, 7) is 0.966. The Hall–Kier alpha value is -3.11. The van der Waals surface area contributed by atoms with Crippen LogP contribution in [0.15, 0.2) is 42.5 Å². The molecule has 0 aromatic heterocycles. The molecular weight excluding hydrogens is 475 g/mol. The van der Waals surface area contributed by atoms with Gasteiger partial charge in [0.05, 0.1) is 11.1 Å². The van der Waals surface area contributed by atoms with Crippen LogP contribution >= 0.6 is 0 Å². The van der Waals surface area contributed by atoms with Crippen LogP contribution in [-0.4, -0.2) is 47.4 Å². The standard InChI is InChI=1S/C26H28F3N3O4/c27-19-4-2-1-3-18(19)26(35)9-7-17(8-10-26)25(11-12-30-15-25)31-23(33)32-22(14-36-24(32)34)16-5-6-20(28)21(29)13-16/h1-6,13,17,22,30,35H,7-12,14-15H2,(H,31,33)/t17?,22-,25+,26?/m1/s1. The third-order valence-electron chi connectivity index (χ3n) is 7.93. The molecule has 7 nitrogen and oxygen atoms in total. The summed E-state index contributed by atoms with van der Waals surface area (Å²) in [6, 6.07) is 7.88. The molecule has 0 bridgehead atoms. The van der Waals surface area contributed by atoms with Gasteiger partial charge in [-0.15, -0.1) is 0 Å². The normalized spacial score (nSPS) is 30.3. The molecule has 3 aliphatic rings. The highest BCUT2D eigenvalue weighted by molar-refractivity contribution is 5.93. The molecule has 2 heterocycles. The van der Waals surface area contributed by atoms with E-state index in [2.05, 4.69) is 10.6 Å². The minimum atomic E-state index is -1.28. The van der Waals surface area contributed by atoms with E-state index in [1.807, 2.05) is 0 Å². The van der Waals surface area contributed by atoms with Crippen molar-refractivity contribution in [2.45, 2.75) is 49.3 Å². The van der Waals surface area contributed by atoms with Gasteiger partial charge in [0.25, 0.3) is 0 Å². The topological polar surface area (TPSA) is 90.9 Å². The highest BCUT2D eigenvalue weighted by Crippen LogP contribution is 2.45. The van der Waals surface area contributed by atoms with E-state index in [4.69, 9.17) is 4.74 Å². The average Bonchev–Trinajstić information content (AvgIpc) is 3.49. The fraction of sp³-hybridized carbons (Fsp3) is 0.462. The van der Waals surface area contributed by atoms with E-state index in [-0.39, 0.29) is 23.7 Å². The van der Waals surface area contributed by atoms with E-state index in [1.54, 1.807) is 18.2 Å². The Bertz CT molecular complexity index is 1160. The van der Waals surface area contributed by atoms with Crippen LogP contribution in [-0.2, 0) is 10.3 Å². The number of urea groups is 1. The van der Waals surface area contributed by atoms with Crippen molar-refractivity contribution < 1.29 is 32.6 Å². The van der Waals surface area contributed by atoms with E-state index >= 15 is 0 Å². The minimum absolute atomic E-state index is 0.0242. The summed E-state index contributed by atoms with van der Waals surface area (Å²) >= 11 is 0. The number of carbonyl (C=O) groups is 2. The maximum atomic E-state index is 14.4. The molecule has 3 amide bonds.